The normalized spacial score (nSPS) is 14.2. The second-order valence-electron chi connectivity index (χ2n) is 7.05. The van der Waals surface area contributed by atoms with E-state index in [9.17, 15) is 19.3 Å². The number of aliphatic imine (C=N–C) groups is 1. The van der Waals surface area contributed by atoms with Crippen molar-refractivity contribution in [2.45, 2.75) is 13.5 Å². The SMILES string of the molecule is Cc1cc(C2=N/C(=C\c3cccc(OCc4ccccc4F)c3)C(=O)O2)ccc1[N+](=O)[O-]. The lowest BCUT2D eigenvalue weighted by molar-refractivity contribution is -0.385. The number of halogens is 1. The highest BCUT2D eigenvalue weighted by atomic mass is 19.1. The Morgan fingerprint density at radius 1 is 1.12 bits per heavy atom. The van der Waals surface area contributed by atoms with Crippen LogP contribution in [0, 0.1) is 22.9 Å². The number of benzene rings is 3. The molecule has 8 heteroatoms. The maximum absolute atomic E-state index is 13.8. The number of carbonyl (C=O) groups is 1. The van der Waals surface area contributed by atoms with Gasteiger partial charge in [-0.2, -0.15) is 0 Å². The predicted molar refractivity (Wildman–Crippen MR) is 116 cm³/mol. The van der Waals surface area contributed by atoms with Crippen molar-refractivity contribution >= 4 is 23.6 Å². The summed E-state index contributed by atoms with van der Waals surface area (Å²) in [6, 6.07) is 17.7. The summed E-state index contributed by atoms with van der Waals surface area (Å²) in [7, 11) is 0. The zero-order chi connectivity index (χ0) is 22.7. The van der Waals surface area contributed by atoms with Gasteiger partial charge in [-0.25, -0.2) is 14.2 Å². The topological polar surface area (TPSA) is 91.0 Å². The van der Waals surface area contributed by atoms with Gasteiger partial charge in [0.05, 0.1) is 4.92 Å². The quantitative estimate of drug-likeness (QED) is 0.237. The molecule has 0 aliphatic carbocycles. The lowest BCUT2D eigenvalue weighted by atomic mass is 10.1. The fourth-order valence-corrected chi connectivity index (χ4v) is 3.15. The molecule has 0 N–H and O–H groups in total. The molecule has 1 heterocycles. The average molecular weight is 432 g/mol. The van der Waals surface area contributed by atoms with E-state index in [1.165, 1.54) is 18.2 Å². The second kappa shape index (κ2) is 8.81. The molecular formula is C24H17FN2O5. The first-order chi connectivity index (χ1) is 15.4. The second-order valence-corrected chi connectivity index (χ2v) is 7.05. The molecule has 0 aromatic heterocycles. The van der Waals surface area contributed by atoms with Crippen molar-refractivity contribution in [1.29, 1.82) is 0 Å². The van der Waals surface area contributed by atoms with E-state index in [0.29, 0.717) is 28.0 Å². The zero-order valence-corrected chi connectivity index (χ0v) is 16.9. The van der Waals surface area contributed by atoms with Gasteiger partial charge in [-0.1, -0.05) is 30.3 Å². The summed E-state index contributed by atoms with van der Waals surface area (Å²) in [6.45, 7) is 1.67. The number of hydrogen-bond donors (Lipinski definition) is 0. The van der Waals surface area contributed by atoms with Crippen LogP contribution in [-0.4, -0.2) is 16.8 Å². The largest absolute Gasteiger partial charge is 0.489 e. The maximum atomic E-state index is 13.8. The highest BCUT2D eigenvalue weighted by Gasteiger charge is 2.25. The number of esters is 1. The Labute approximate surface area is 182 Å². The van der Waals surface area contributed by atoms with E-state index in [4.69, 9.17) is 9.47 Å². The summed E-state index contributed by atoms with van der Waals surface area (Å²) in [6.07, 6.45) is 1.55. The van der Waals surface area contributed by atoms with E-state index in [0.717, 1.165) is 0 Å². The van der Waals surface area contributed by atoms with Gasteiger partial charge in [0.2, 0.25) is 5.90 Å². The van der Waals surface area contributed by atoms with Crippen LogP contribution in [0.15, 0.2) is 77.4 Å². The first kappa shape index (κ1) is 20.9. The number of hydrogen-bond acceptors (Lipinski definition) is 6. The highest BCUT2D eigenvalue weighted by Crippen LogP contribution is 2.24. The van der Waals surface area contributed by atoms with Crippen LogP contribution in [0.4, 0.5) is 10.1 Å². The van der Waals surface area contributed by atoms with Crippen LogP contribution < -0.4 is 4.74 Å². The van der Waals surface area contributed by atoms with Gasteiger partial charge in [0, 0.05) is 22.8 Å². The minimum absolute atomic E-state index is 0.0263. The minimum atomic E-state index is -0.631. The summed E-state index contributed by atoms with van der Waals surface area (Å²) in [5.41, 5.74) is 2.04. The average Bonchev–Trinajstić information content (AvgIpc) is 3.13. The van der Waals surface area contributed by atoms with Crippen molar-refractivity contribution in [3.8, 4) is 5.75 Å². The molecule has 3 aromatic rings. The molecule has 0 saturated heterocycles. The van der Waals surface area contributed by atoms with Crippen LogP contribution >= 0.6 is 0 Å². The fraction of sp³-hybridized carbons (Fsp3) is 0.0833. The summed E-state index contributed by atoms with van der Waals surface area (Å²) >= 11 is 0. The third-order valence-corrected chi connectivity index (χ3v) is 4.77. The molecule has 0 fully saturated rings. The molecule has 0 atom stereocenters. The molecule has 0 unspecified atom stereocenters. The molecule has 1 aliphatic rings. The molecule has 0 saturated carbocycles. The van der Waals surface area contributed by atoms with Crippen LogP contribution in [0.3, 0.4) is 0 Å². The molecule has 0 radical (unpaired) electrons. The van der Waals surface area contributed by atoms with Crippen LogP contribution in [0.5, 0.6) is 5.75 Å². The van der Waals surface area contributed by atoms with Gasteiger partial charge in [0.25, 0.3) is 5.69 Å². The van der Waals surface area contributed by atoms with Crippen molar-refractivity contribution in [3.05, 3.63) is 111 Å². The molecule has 160 valence electrons. The Kier molecular flexibility index (Phi) is 5.76. The van der Waals surface area contributed by atoms with E-state index >= 15 is 0 Å². The molecule has 0 bridgehead atoms. The molecule has 0 amide bonds. The Morgan fingerprint density at radius 3 is 2.69 bits per heavy atom. The lowest BCUT2D eigenvalue weighted by Gasteiger charge is -2.07. The van der Waals surface area contributed by atoms with Crippen molar-refractivity contribution in [2.24, 2.45) is 4.99 Å². The number of cyclic esters (lactones) is 1. The van der Waals surface area contributed by atoms with E-state index in [1.807, 2.05) is 0 Å². The van der Waals surface area contributed by atoms with Gasteiger partial charge in [-0.3, -0.25) is 10.1 Å². The number of aryl methyl sites for hydroxylation is 1. The molecule has 0 spiro atoms. The van der Waals surface area contributed by atoms with Crippen LogP contribution in [0.1, 0.15) is 22.3 Å². The van der Waals surface area contributed by atoms with Gasteiger partial charge in [0.15, 0.2) is 5.70 Å². The lowest BCUT2D eigenvalue weighted by Crippen LogP contribution is -2.06. The van der Waals surface area contributed by atoms with E-state index in [-0.39, 0.29) is 29.7 Å². The number of nitrogens with zero attached hydrogens (tertiary/aromatic N) is 2. The summed E-state index contributed by atoms with van der Waals surface area (Å²) in [4.78, 5) is 27.0. The van der Waals surface area contributed by atoms with Crippen LogP contribution in [0.2, 0.25) is 0 Å². The Hall–Kier alpha value is -4.33. The monoisotopic (exact) mass is 432 g/mol. The fourth-order valence-electron chi connectivity index (χ4n) is 3.15. The molecular weight excluding hydrogens is 415 g/mol. The van der Waals surface area contributed by atoms with Crippen LogP contribution in [-0.2, 0) is 16.1 Å². The standard InChI is InChI=1S/C24H17FN2O5/c1-15-11-17(9-10-22(15)27(29)30)23-26-21(24(28)32-23)13-16-5-4-7-19(12-16)31-14-18-6-2-3-8-20(18)25/h2-13H,14H2,1H3/b21-13-. The number of nitro groups is 1. The first-order valence-electron chi connectivity index (χ1n) is 9.65. The van der Waals surface area contributed by atoms with Gasteiger partial charge in [-0.15, -0.1) is 0 Å². The van der Waals surface area contributed by atoms with E-state index < -0.39 is 10.9 Å². The highest BCUT2D eigenvalue weighted by molar-refractivity contribution is 6.13. The predicted octanol–water partition coefficient (Wildman–Crippen LogP) is 4.97. The van der Waals surface area contributed by atoms with Crippen molar-refractivity contribution in [1.82, 2.24) is 0 Å². The van der Waals surface area contributed by atoms with Gasteiger partial charge < -0.3 is 9.47 Å². The van der Waals surface area contributed by atoms with Crippen LogP contribution in [0.25, 0.3) is 6.08 Å². The summed E-state index contributed by atoms with van der Waals surface area (Å²) in [5, 5.41) is 11.0. The summed E-state index contributed by atoms with van der Waals surface area (Å²) < 4.78 is 24.7. The number of rotatable bonds is 6. The third kappa shape index (κ3) is 4.54. The smallest absolute Gasteiger partial charge is 0.363 e. The van der Waals surface area contributed by atoms with Gasteiger partial charge in [-0.05, 0) is 48.9 Å². The van der Waals surface area contributed by atoms with Crippen molar-refractivity contribution in [2.75, 3.05) is 0 Å². The van der Waals surface area contributed by atoms with E-state index in [2.05, 4.69) is 4.99 Å². The third-order valence-electron chi connectivity index (χ3n) is 4.77. The molecule has 4 rings (SSSR count). The van der Waals surface area contributed by atoms with Gasteiger partial charge in [0.1, 0.15) is 18.2 Å². The number of nitro benzene ring substituents is 1. The van der Waals surface area contributed by atoms with Gasteiger partial charge >= 0.3 is 5.97 Å². The van der Waals surface area contributed by atoms with E-state index in [1.54, 1.807) is 61.5 Å². The Morgan fingerprint density at radius 2 is 1.94 bits per heavy atom. The van der Waals surface area contributed by atoms with Crippen molar-refractivity contribution in [3.63, 3.8) is 0 Å². The summed E-state index contributed by atoms with van der Waals surface area (Å²) in [5.74, 6) is -0.396. The molecule has 1 aliphatic heterocycles. The molecule has 32 heavy (non-hydrogen) atoms. The first-order valence-corrected chi connectivity index (χ1v) is 9.65. The number of ether oxygens (including phenoxy) is 2. The van der Waals surface area contributed by atoms with Crippen molar-refractivity contribution < 1.29 is 23.6 Å². The Bertz CT molecular complexity index is 1280. The number of carbonyl (C=O) groups excluding carboxylic acids is 1. The maximum Gasteiger partial charge on any atom is 0.363 e. The molecule has 3 aromatic carbocycles. The minimum Gasteiger partial charge on any atom is -0.489 e. The Balaban J connectivity index is 1.53. The molecule has 7 nitrogen and oxygen atoms in total. The zero-order valence-electron chi connectivity index (χ0n) is 16.9.